The molecule has 106 valence electrons. The Morgan fingerprint density at radius 3 is 2.81 bits per heavy atom. The van der Waals surface area contributed by atoms with Gasteiger partial charge in [-0.15, -0.1) is 0 Å². The van der Waals surface area contributed by atoms with Gasteiger partial charge in [-0.2, -0.15) is 0 Å². The van der Waals surface area contributed by atoms with Crippen LogP contribution in [0, 0.1) is 0 Å². The number of anilines is 1. The largest absolute Gasteiger partial charge is 0.398 e. The molecule has 1 unspecified atom stereocenters. The van der Waals surface area contributed by atoms with E-state index in [1.807, 2.05) is 42.5 Å². The monoisotopic (exact) mass is 342 g/mol. The minimum Gasteiger partial charge on any atom is -0.398 e. The van der Waals surface area contributed by atoms with E-state index in [-0.39, 0.29) is 0 Å². The molecule has 0 fully saturated rings. The van der Waals surface area contributed by atoms with Gasteiger partial charge < -0.3 is 10.8 Å². The summed E-state index contributed by atoms with van der Waals surface area (Å²) in [4.78, 5) is 4.34. The van der Waals surface area contributed by atoms with E-state index in [4.69, 9.17) is 5.73 Å². The summed E-state index contributed by atoms with van der Waals surface area (Å²) in [7, 11) is 0. The molecule has 0 spiro atoms. The molecule has 21 heavy (non-hydrogen) atoms. The maximum atomic E-state index is 10.5. The molecule has 3 N–H and O–H groups in total. The van der Waals surface area contributed by atoms with Crippen molar-refractivity contribution < 1.29 is 5.11 Å². The molecule has 3 aromatic rings. The number of para-hydroxylation sites is 1. The van der Waals surface area contributed by atoms with Gasteiger partial charge >= 0.3 is 0 Å². The number of fused-ring (bicyclic) bond motifs is 1. The van der Waals surface area contributed by atoms with Crippen molar-refractivity contribution in [2.75, 3.05) is 5.73 Å². The van der Waals surface area contributed by atoms with Gasteiger partial charge in [-0.1, -0.05) is 34.1 Å². The van der Waals surface area contributed by atoms with Gasteiger partial charge in [0.15, 0.2) is 0 Å². The minimum atomic E-state index is -0.645. The zero-order chi connectivity index (χ0) is 14.8. The Morgan fingerprint density at radius 2 is 1.95 bits per heavy atom. The number of nitrogens with two attached hydrogens (primary N) is 1. The second kappa shape index (κ2) is 5.84. The van der Waals surface area contributed by atoms with Gasteiger partial charge in [0.2, 0.25) is 0 Å². The fourth-order valence-electron chi connectivity index (χ4n) is 2.49. The number of nitrogens with zero attached hydrogens (tertiary/aromatic N) is 1. The fourth-order valence-corrected chi connectivity index (χ4v) is 2.86. The van der Waals surface area contributed by atoms with Gasteiger partial charge in [0.25, 0.3) is 0 Å². The molecular formula is C17H15BrN2O. The lowest BCUT2D eigenvalue weighted by Gasteiger charge is -2.15. The number of aliphatic hydroxyl groups is 1. The summed E-state index contributed by atoms with van der Waals surface area (Å²) in [5.41, 5.74) is 9.30. The first-order chi connectivity index (χ1) is 10.1. The lowest BCUT2D eigenvalue weighted by Crippen LogP contribution is -2.06. The SMILES string of the molecule is Nc1ccc(Br)cc1C(O)Cc1ccnc2ccccc12. The Hall–Kier alpha value is -1.91. The van der Waals surface area contributed by atoms with Crippen LogP contribution in [0.15, 0.2) is 59.2 Å². The molecule has 3 nitrogen and oxygen atoms in total. The summed E-state index contributed by atoms with van der Waals surface area (Å²) in [5, 5.41) is 11.6. The predicted octanol–water partition coefficient (Wildman–Crippen LogP) is 3.86. The van der Waals surface area contributed by atoms with Gasteiger partial charge in [-0.05, 0) is 35.9 Å². The third-order valence-corrected chi connectivity index (χ3v) is 4.05. The van der Waals surface area contributed by atoms with E-state index >= 15 is 0 Å². The van der Waals surface area contributed by atoms with Crippen LogP contribution in [0.3, 0.4) is 0 Å². The molecule has 0 amide bonds. The molecule has 0 saturated carbocycles. The highest BCUT2D eigenvalue weighted by Crippen LogP contribution is 2.28. The lowest BCUT2D eigenvalue weighted by molar-refractivity contribution is 0.179. The highest BCUT2D eigenvalue weighted by atomic mass is 79.9. The minimum absolute atomic E-state index is 0.504. The highest BCUT2D eigenvalue weighted by Gasteiger charge is 2.14. The Morgan fingerprint density at radius 1 is 1.14 bits per heavy atom. The van der Waals surface area contributed by atoms with E-state index in [9.17, 15) is 5.11 Å². The topological polar surface area (TPSA) is 59.1 Å². The molecular weight excluding hydrogens is 328 g/mol. The second-order valence-corrected chi connectivity index (χ2v) is 5.90. The molecule has 3 rings (SSSR count). The first-order valence-corrected chi connectivity index (χ1v) is 7.50. The van der Waals surface area contributed by atoms with Gasteiger partial charge in [0.05, 0.1) is 11.6 Å². The van der Waals surface area contributed by atoms with Gasteiger partial charge in [0.1, 0.15) is 0 Å². The Bertz CT molecular complexity index is 783. The smallest absolute Gasteiger partial charge is 0.0850 e. The second-order valence-electron chi connectivity index (χ2n) is 4.98. The molecule has 0 radical (unpaired) electrons. The average Bonchev–Trinajstić information content (AvgIpc) is 2.50. The van der Waals surface area contributed by atoms with Gasteiger partial charge in [-0.3, -0.25) is 4.98 Å². The molecule has 0 aliphatic heterocycles. The molecule has 0 bridgehead atoms. The maximum absolute atomic E-state index is 10.5. The van der Waals surface area contributed by atoms with Crippen molar-refractivity contribution in [1.82, 2.24) is 4.98 Å². The van der Waals surface area contributed by atoms with E-state index in [0.29, 0.717) is 12.1 Å². The number of benzene rings is 2. The molecule has 1 atom stereocenters. The zero-order valence-corrected chi connectivity index (χ0v) is 12.9. The van der Waals surface area contributed by atoms with Crippen molar-refractivity contribution in [2.45, 2.75) is 12.5 Å². The lowest BCUT2D eigenvalue weighted by atomic mass is 9.98. The molecule has 1 heterocycles. The van der Waals surface area contributed by atoms with Crippen LogP contribution in [-0.2, 0) is 6.42 Å². The highest BCUT2D eigenvalue weighted by molar-refractivity contribution is 9.10. The molecule has 0 saturated heterocycles. The number of halogens is 1. The summed E-state index contributed by atoms with van der Waals surface area (Å²) in [5.74, 6) is 0. The van der Waals surface area contributed by atoms with Crippen molar-refractivity contribution in [3.8, 4) is 0 Å². The first kappa shape index (κ1) is 14.0. The maximum Gasteiger partial charge on any atom is 0.0850 e. The summed E-state index contributed by atoms with van der Waals surface area (Å²) in [6.07, 6.45) is 1.63. The number of rotatable bonds is 3. The van der Waals surface area contributed by atoms with Gasteiger partial charge in [0, 0.05) is 33.7 Å². The summed E-state index contributed by atoms with van der Waals surface area (Å²) in [6.45, 7) is 0. The van der Waals surface area contributed by atoms with Crippen molar-refractivity contribution in [3.05, 3.63) is 70.3 Å². The molecule has 4 heteroatoms. The third kappa shape index (κ3) is 2.91. The normalized spacial score (nSPS) is 12.5. The van der Waals surface area contributed by atoms with Crippen molar-refractivity contribution in [3.63, 3.8) is 0 Å². The van der Waals surface area contributed by atoms with E-state index in [1.54, 1.807) is 12.3 Å². The van der Waals surface area contributed by atoms with Gasteiger partial charge in [-0.25, -0.2) is 0 Å². The molecule has 2 aromatic carbocycles. The summed E-state index contributed by atoms with van der Waals surface area (Å²) >= 11 is 3.41. The van der Waals surface area contributed by atoms with E-state index in [0.717, 1.165) is 26.5 Å². The first-order valence-electron chi connectivity index (χ1n) is 6.71. The van der Waals surface area contributed by atoms with Crippen LogP contribution in [0.1, 0.15) is 17.2 Å². The molecule has 0 aliphatic rings. The van der Waals surface area contributed by atoms with Crippen LogP contribution in [0.25, 0.3) is 10.9 Å². The number of hydrogen-bond donors (Lipinski definition) is 2. The number of nitrogen functional groups attached to an aromatic ring is 1. The Balaban J connectivity index is 1.96. The van der Waals surface area contributed by atoms with Crippen molar-refractivity contribution in [2.24, 2.45) is 0 Å². The number of aromatic nitrogens is 1. The average molecular weight is 343 g/mol. The standard InChI is InChI=1S/C17H15BrN2O/c18-12-5-6-15(19)14(10-12)17(21)9-11-7-8-20-16-4-2-1-3-13(11)16/h1-8,10,17,21H,9,19H2. The van der Waals surface area contributed by atoms with Crippen LogP contribution >= 0.6 is 15.9 Å². The van der Waals surface area contributed by atoms with Crippen LogP contribution < -0.4 is 5.73 Å². The van der Waals surface area contributed by atoms with E-state index < -0.39 is 6.10 Å². The Kier molecular flexibility index (Phi) is 3.90. The number of pyridine rings is 1. The Labute approximate surface area is 131 Å². The summed E-state index contributed by atoms with van der Waals surface area (Å²) in [6, 6.07) is 15.4. The van der Waals surface area contributed by atoms with Crippen LogP contribution in [-0.4, -0.2) is 10.1 Å². The van der Waals surface area contributed by atoms with Crippen molar-refractivity contribution >= 4 is 32.5 Å². The van der Waals surface area contributed by atoms with Crippen LogP contribution in [0.2, 0.25) is 0 Å². The van der Waals surface area contributed by atoms with Crippen molar-refractivity contribution in [1.29, 1.82) is 0 Å². The third-order valence-electron chi connectivity index (χ3n) is 3.56. The van der Waals surface area contributed by atoms with Crippen LogP contribution in [0.4, 0.5) is 5.69 Å². The molecule has 1 aromatic heterocycles. The zero-order valence-electron chi connectivity index (χ0n) is 11.3. The number of hydrogen-bond acceptors (Lipinski definition) is 3. The number of aliphatic hydroxyl groups excluding tert-OH is 1. The van der Waals surface area contributed by atoms with E-state index in [1.165, 1.54) is 0 Å². The van der Waals surface area contributed by atoms with E-state index in [2.05, 4.69) is 20.9 Å². The summed E-state index contributed by atoms with van der Waals surface area (Å²) < 4.78 is 0.908. The predicted molar refractivity (Wildman–Crippen MR) is 89.0 cm³/mol. The molecule has 0 aliphatic carbocycles. The van der Waals surface area contributed by atoms with Crippen LogP contribution in [0.5, 0.6) is 0 Å². The quantitative estimate of drug-likeness (QED) is 0.710. The fraction of sp³-hybridized carbons (Fsp3) is 0.118.